The first-order chi connectivity index (χ1) is 10.7. The summed E-state index contributed by atoms with van der Waals surface area (Å²) in [7, 11) is 2.06. The third kappa shape index (κ3) is 2.73. The Morgan fingerprint density at radius 3 is 2.55 bits per heavy atom. The van der Waals surface area contributed by atoms with Crippen LogP contribution in [-0.4, -0.2) is 49.0 Å². The van der Waals surface area contributed by atoms with Crippen LogP contribution >= 0.6 is 0 Å². The second-order valence-electron chi connectivity index (χ2n) is 6.16. The second-order valence-corrected chi connectivity index (χ2v) is 6.16. The lowest BCUT2D eigenvalue weighted by molar-refractivity contribution is -1.02. The lowest BCUT2D eigenvalue weighted by Crippen LogP contribution is -3.27. The molecule has 0 unspecified atom stereocenters. The fraction of sp³-hybridized carbons (Fsp3) is 0.471. The summed E-state index contributed by atoms with van der Waals surface area (Å²) in [6.45, 7) is 6.42. The van der Waals surface area contributed by atoms with Crippen LogP contribution in [0, 0.1) is 11.3 Å². The van der Waals surface area contributed by atoms with Gasteiger partial charge in [-0.05, 0) is 6.07 Å². The van der Waals surface area contributed by atoms with E-state index in [2.05, 4.69) is 23.8 Å². The van der Waals surface area contributed by atoms with Gasteiger partial charge in [0, 0.05) is 18.0 Å². The Morgan fingerprint density at radius 2 is 1.86 bits per heavy atom. The fourth-order valence-electron chi connectivity index (χ4n) is 3.56. The van der Waals surface area contributed by atoms with Crippen molar-refractivity contribution >= 4 is 10.9 Å². The van der Waals surface area contributed by atoms with Gasteiger partial charge in [-0.15, -0.1) is 0 Å². The highest BCUT2D eigenvalue weighted by Crippen LogP contribution is 2.23. The van der Waals surface area contributed by atoms with Crippen molar-refractivity contribution < 1.29 is 14.9 Å². The monoisotopic (exact) mass is 300 g/mol. The molecule has 3 N–H and O–H groups in total. The van der Waals surface area contributed by atoms with E-state index in [-0.39, 0.29) is 6.61 Å². The van der Waals surface area contributed by atoms with Crippen LogP contribution in [0.25, 0.3) is 10.9 Å². The maximum Gasteiger partial charge on any atom is 0.127 e. The summed E-state index contributed by atoms with van der Waals surface area (Å²) in [5.74, 6) is 0. The van der Waals surface area contributed by atoms with Gasteiger partial charge in [0.05, 0.1) is 17.9 Å². The van der Waals surface area contributed by atoms with Gasteiger partial charge in [-0.3, -0.25) is 0 Å². The van der Waals surface area contributed by atoms with Crippen LogP contribution in [0.3, 0.4) is 0 Å². The minimum Gasteiger partial charge on any atom is -0.391 e. The van der Waals surface area contributed by atoms with E-state index >= 15 is 0 Å². The number of piperazine rings is 1. The number of aryl methyl sites for hydroxylation is 1. The highest BCUT2D eigenvalue weighted by Gasteiger charge is 2.25. The van der Waals surface area contributed by atoms with Crippen molar-refractivity contribution in [2.24, 2.45) is 7.05 Å². The lowest BCUT2D eigenvalue weighted by atomic mass is 10.1. The topological polar surface area (TPSA) is 57.8 Å². The number of rotatable bonds is 4. The van der Waals surface area contributed by atoms with Gasteiger partial charge in [-0.2, -0.15) is 5.26 Å². The number of aromatic nitrogens is 1. The van der Waals surface area contributed by atoms with Gasteiger partial charge in [0.2, 0.25) is 0 Å². The Morgan fingerprint density at radius 1 is 1.18 bits per heavy atom. The number of aliphatic hydroxyl groups is 1. The van der Waals surface area contributed by atoms with E-state index in [1.54, 1.807) is 0 Å². The third-order valence-electron chi connectivity index (χ3n) is 4.89. The molecule has 5 nitrogen and oxygen atoms in total. The molecular formula is C17H24N4O+2. The average molecular weight is 300 g/mol. The van der Waals surface area contributed by atoms with Crippen molar-refractivity contribution in [1.82, 2.24) is 4.57 Å². The summed E-state index contributed by atoms with van der Waals surface area (Å²) in [5, 5.41) is 19.7. The molecular weight excluding hydrogens is 276 g/mol. The van der Waals surface area contributed by atoms with Crippen LogP contribution in [-0.2, 0) is 13.6 Å². The van der Waals surface area contributed by atoms with E-state index in [0.717, 1.165) is 61.4 Å². The molecule has 1 aliphatic rings. The molecule has 1 aromatic heterocycles. The summed E-state index contributed by atoms with van der Waals surface area (Å²) in [4.78, 5) is 3.02. The van der Waals surface area contributed by atoms with Crippen molar-refractivity contribution in [1.29, 1.82) is 5.26 Å². The number of benzene rings is 1. The number of hydrogen-bond donors (Lipinski definition) is 3. The molecule has 3 rings (SSSR count). The number of quaternary nitrogens is 2. The van der Waals surface area contributed by atoms with Gasteiger partial charge in [-0.1, -0.05) is 18.2 Å². The minimum absolute atomic E-state index is 0.270. The molecule has 5 heteroatoms. The first kappa shape index (κ1) is 15.0. The highest BCUT2D eigenvalue weighted by atomic mass is 16.3. The van der Waals surface area contributed by atoms with Gasteiger partial charge in [0.1, 0.15) is 45.3 Å². The minimum atomic E-state index is 0.270. The van der Waals surface area contributed by atoms with Crippen molar-refractivity contribution in [3.8, 4) is 6.07 Å². The Kier molecular flexibility index (Phi) is 4.44. The quantitative estimate of drug-likeness (QED) is 0.632. The van der Waals surface area contributed by atoms with Crippen molar-refractivity contribution in [2.45, 2.75) is 6.54 Å². The van der Waals surface area contributed by atoms with E-state index < -0.39 is 0 Å². The lowest BCUT2D eigenvalue weighted by Gasteiger charge is -2.29. The molecule has 0 spiro atoms. The smallest absolute Gasteiger partial charge is 0.127 e. The normalized spacial score (nSPS) is 21.9. The third-order valence-corrected chi connectivity index (χ3v) is 4.89. The first-order valence-electron chi connectivity index (χ1n) is 7.99. The van der Waals surface area contributed by atoms with Gasteiger partial charge >= 0.3 is 0 Å². The maximum absolute atomic E-state index is 9.57. The van der Waals surface area contributed by atoms with Crippen LogP contribution in [0.1, 0.15) is 11.3 Å². The van der Waals surface area contributed by atoms with Crippen LogP contribution in [0.2, 0.25) is 0 Å². The molecule has 2 aromatic rings. The first-order valence-corrected chi connectivity index (χ1v) is 7.99. The van der Waals surface area contributed by atoms with Crippen LogP contribution in [0.5, 0.6) is 0 Å². The van der Waals surface area contributed by atoms with E-state index in [1.165, 1.54) is 9.80 Å². The number of para-hydroxylation sites is 1. The number of hydrogen-bond acceptors (Lipinski definition) is 2. The van der Waals surface area contributed by atoms with E-state index in [4.69, 9.17) is 5.11 Å². The molecule has 0 aliphatic carbocycles. The molecule has 0 radical (unpaired) electrons. The SMILES string of the molecule is Cn1c(C[NH+]2CC[NH+](CCO)CC2)c(C#N)c2ccccc21. The van der Waals surface area contributed by atoms with E-state index in [9.17, 15) is 5.26 Å². The molecule has 22 heavy (non-hydrogen) atoms. The molecule has 0 bridgehead atoms. The summed E-state index contributed by atoms with van der Waals surface area (Å²) in [6.07, 6.45) is 0. The molecule has 0 amide bonds. The molecule has 116 valence electrons. The summed E-state index contributed by atoms with van der Waals surface area (Å²) >= 11 is 0. The fourth-order valence-corrected chi connectivity index (χ4v) is 3.56. The molecule has 0 saturated carbocycles. The number of nitriles is 1. The van der Waals surface area contributed by atoms with Gasteiger partial charge < -0.3 is 19.5 Å². The Balaban J connectivity index is 1.80. The van der Waals surface area contributed by atoms with Crippen LogP contribution in [0.4, 0.5) is 0 Å². The number of fused-ring (bicyclic) bond motifs is 1. The van der Waals surface area contributed by atoms with Crippen molar-refractivity contribution in [3.05, 3.63) is 35.5 Å². The number of aliphatic hydroxyl groups excluding tert-OH is 1. The van der Waals surface area contributed by atoms with Gasteiger partial charge in [0.25, 0.3) is 0 Å². The average Bonchev–Trinajstić information content (AvgIpc) is 2.82. The van der Waals surface area contributed by atoms with E-state index in [1.807, 2.05) is 18.2 Å². The van der Waals surface area contributed by atoms with E-state index in [0.29, 0.717) is 0 Å². The zero-order chi connectivity index (χ0) is 15.5. The Labute approximate surface area is 131 Å². The standard InChI is InChI=1S/C17H22N4O/c1-19-16-5-3-2-4-14(16)15(12-18)17(19)13-21-8-6-20(7-9-21)10-11-22/h2-5,22H,6-11,13H2,1H3/p+2. The predicted molar refractivity (Wildman–Crippen MR) is 84.7 cm³/mol. The Bertz CT molecular complexity index is 692. The zero-order valence-electron chi connectivity index (χ0n) is 13.1. The largest absolute Gasteiger partial charge is 0.391 e. The van der Waals surface area contributed by atoms with Gasteiger partial charge in [0.15, 0.2) is 0 Å². The molecule has 0 atom stereocenters. The predicted octanol–water partition coefficient (Wildman–Crippen LogP) is -1.67. The molecule has 2 heterocycles. The van der Waals surface area contributed by atoms with Crippen LogP contribution in [0.15, 0.2) is 24.3 Å². The van der Waals surface area contributed by atoms with Gasteiger partial charge in [-0.25, -0.2) is 0 Å². The summed E-state index contributed by atoms with van der Waals surface area (Å²) in [5.41, 5.74) is 3.11. The van der Waals surface area contributed by atoms with Crippen molar-refractivity contribution in [2.75, 3.05) is 39.3 Å². The number of nitrogens with zero attached hydrogens (tertiary/aromatic N) is 2. The zero-order valence-corrected chi connectivity index (χ0v) is 13.1. The highest BCUT2D eigenvalue weighted by molar-refractivity contribution is 5.87. The maximum atomic E-state index is 9.57. The molecule has 1 saturated heterocycles. The molecule has 1 aliphatic heterocycles. The second kappa shape index (κ2) is 6.49. The molecule has 1 aromatic carbocycles. The van der Waals surface area contributed by atoms with Crippen molar-refractivity contribution in [3.63, 3.8) is 0 Å². The summed E-state index contributed by atoms with van der Waals surface area (Å²) < 4.78 is 2.17. The summed E-state index contributed by atoms with van der Waals surface area (Å²) in [6, 6.07) is 10.5. The van der Waals surface area contributed by atoms with Crippen LogP contribution < -0.4 is 9.80 Å². The Hall–Kier alpha value is -1.87. The number of nitrogens with one attached hydrogen (secondary N) is 2. The molecule has 1 fully saturated rings.